The molecule has 1 aromatic rings. The van der Waals surface area contributed by atoms with Crippen LogP contribution in [0, 0.1) is 5.41 Å². The molecule has 90 valence electrons. The first-order valence-corrected chi connectivity index (χ1v) is 5.37. The summed E-state index contributed by atoms with van der Waals surface area (Å²) in [7, 11) is 3.30. The smallest absolute Gasteiger partial charge is 0.123 e. The lowest BCUT2D eigenvalue weighted by molar-refractivity contribution is 0.312. The van der Waals surface area contributed by atoms with Gasteiger partial charge in [-0.1, -0.05) is 20.8 Å². The Kier molecular flexibility index (Phi) is 3.81. The maximum absolute atomic E-state index is 6.24. The number of rotatable bonds is 3. The fraction of sp³-hybridized carbons (Fsp3) is 0.538. The average Bonchev–Trinajstić information content (AvgIpc) is 2.25. The van der Waals surface area contributed by atoms with E-state index in [1.54, 1.807) is 14.2 Å². The Morgan fingerprint density at radius 3 is 2.19 bits per heavy atom. The lowest BCUT2D eigenvalue weighted by Crippen LogP contribution is -2.26. The minimum atomic E-state index is -0.0856. The van der Waals surface area contributed by atoms with Crippen LogP contribution in [-0.2, 0) is 0 Å². The molecular weight excluding hydrogens is 202 g/mol. The standard InChI is InChI=1S/C13H21NO2/c1-13(2,3)12(14)10-8-9(15-4)6-7-11(10)16-5/h6-8,12H,14H2,1-5H3. The average molecular weight is 223 g/mol. The zero-order chi connectivity index (χ0) is 12.3. The highest BCUT2D eigenvalue weighted by Crippen LogP contribution is 2.37. The summed E-state index contributed by atoms with van der Waals surface area (Å²) in [6.45, 7) is 6.32. The van der Waals surface area contributed by atoms with Gasteiger partial charge in [-0.3, -0.25) is 0 Å². The van der Waals surface area contributed by atoms with Gasteiger partial charge in [-0.2, -0.15) is 0 Å². The minimum absolute atomic E-state index is 0.0142. The number of nitrogens with two attached hydrogens (primary N) is 1. The second kappa shape index (κ2) is 4.74. The predicted molar refractivity (Wildman–Crippen MR) is 65.9 cm³/mol. The quantitative estimate of drug-likeness (QED) is 0.857. The fourth-order valence-corrected chi connectivity index (χ4v) is 1.55. The van der Waals surface area contributed by atoms with Crippen molar-refractivity contribution in [3.63, 3.8) is 0 Å². The van der Waals surface area contributed by atoms with E-state index in [2.05, 4.69) is 20.8 Å². The molecule has 1 atom stereocenters. The van der Waals surface area contributed by atoms with Crippen LogP contribution in [0.25, 0.3) is 0 Å². The summed E-state index contributed by atoms with van der Waals surface area (Å²) in [4.78, 5) is 0. The molecule has 0 radical (unpaired) electrons. The summed E-state index contributed by atoms with van der Waals surface area (Å²) < 4.78 is 10.5. The van der Waals surface area contributed by atoms with Gasteiger partial charge in [-0.25, -0.2) is 0 Å². The van der Waals surface area contributed by atoms with Gasteiger partial charge in [0.2, 0.25) is 0 Å². The number of hydrogen-bond donors (Lipinski definition) is 1. The SMILES string of the molecule is COc1ccc(OC)c(C(N)C(C)(C)C)c1. The Morgan fingerprint density at radius 1 is 1.12 bits per heavy atom. The summed E-state index contributed by atoms with van der Waals surface area (Å²) in [5.74, 6) is 1.61. The van der Waals surface area contributed by atoms with Crippen LogP contribution in [0.4, 0.5) is 0 Å². The summed E-state index contributed by atoms with van der Waals surface area (Å²) in [5, 5.41) is 0. The van der Waals surface area contributed by atoms with Crippen molar-refractivity contribution in [3.8, 4) is 11.5 Å². The van der Waals surface area contributed by atoms with Crippen LogP contribution in [0.15, 0.2) is 18.2 Å². The van der Waals surface area contributed by atoms with Crippen molar-refractivity contribution in [2.75, 3.05) is 14.2 Å². The highest BCUT2D eigenvalue weighted by Gasteiger charge is 2.25. The Balaban J connectivity index is 3.18. The fourth-order valence-electron chi connectivity index (χ4n) is 1.55. The molecule has 1 aromatic carbocycles. The summed E-state index contributed by atoms with van der Waals surface area (Å²) in [5.41, 5.74) is 7.20. The second-order valence-corrected chi connectivity index (χ2v) is 4.95. The normalized spacial score (nSPS) is 13.4. The van der Waals surface area contributed by atoms with Crippen LogP contribution in [0.5, 0.6) is 11.5 Å². The summed E-state index contributed by atoms with van der Waals surface area (Å²) >= 11 is 0. The molecule has 3 nitrogen and oxygen atoms in total. The van der Waals surface area contributed by atoms with Crippen molar-refractivity contribution in [1.82, 2.24) is 0 Å². The largest absolute Gasteiger partial charge is 0.497 e. The van der Waals surface area contributed by atoms with Crippen molar-refractivity contribution in [1.29, 1.82) is 0 Å². The van der Waals surface area contributed by atoms with E-state index in [0.29, 0.717) is 0 Å². The van der Waals surface area contributed by atoms with Crippen molar-refractivity contribution in [2.45, 2.75) is 26.8 Å². The van der Waals surface area contributed by atoms with Gasteiger partial charge in [-0.15, -0.1) is 0 Å². The third-order valence-corrected chi connectivity index (χ3v) is 2.70. The molecule has 0 fully saturated rings. The Hall–Kier alpha value is -1.22. The monoisotopic (exact) mass is 223 g/mol. The second-order valence-electron chi connectivity index (χ2n) is 4.95. The van der Waals surface area contributed by atoms with Gasteiger partial charge in [-0.05, 0) is 23.6 Å². The van der Waals surface area contributed by atoms with Gasteiger partial charge in [0, 0.05) is 11.6 Å². The molecule has 0 saturated heterocycles. The topological polar surface area (TPSA) is 44.5 Å². The molecule has 0 aromatic heterocycles. The van der Waals surface area contributed by atoms with E-state index in [9.17, 15) is 0 Å². The third kappa shape index (κ3) is 2.67. The van der Waals surface area contributed by atoms with Gasteiger partial charge < -0.3 is 15.2 Å². The van der Waals surface area contributed by atoms with Gasteiger partial charge in [0.25, 0.3) is 0 Å². The molecule has 0 spiro atoms. The number of hydrogen-bond acceptors (Lipinski definition) is 3. The van der Waals surface area contributed by atoms with E-state index in [-0.39, 0.29) is 11.5 Å². The maximum Gasteiger partial charge on any atom is 0.123 e. The van der Waals surface area contributed by atoms with Crippen LogP contribution in [-0.4, -0.2) is 14.2 Å². The number of methoxy groups -OCH3 is 2. The molecular formula is C13H21NO2. The molecule has 0 heterocycles. The third-order valence-electron chi connectivity index (χ3n) is 2.70. The van der Waals surface area contributed by atoms with E-state index in [1.165, 1.54) is 0 Å². The highest BCUT2D eigenvalue weighted by molar-refractivity contribution is 5.42. The van der Waals surface area contributed by atoms with Crippen molar-refractivity contribution in [2.24, 2.45) is 11.1 Å². The van der Waals surface area contributed by atoms with E-state index in [4.69, 9.17) is 15.2 Å². The molecule has 0 amide bonds. The Labute approximate surface area is 97.6 Å². The molecule has 16 heavy (non-hydrogen) atoms. The molecule has 1 unspecified atom stereocenters. The summed E-state index contributed by atoms with van der Waals surface area (Å²) in [6.07, 6.45) is 0. The highest BCUT2D eigenvalue weighted by atomic mass is 16.5. The Morgan fingerprint density at radius 2 is 1.75 bits per heavy atom. The van der Waals surface area contributed by atoms with Crippen molar-refractivity contribution >= 4 is 0 Å². The molecule has 0 aliphatic carbocycles. The zero-order valence-electron chi connectivity index (χ0n) is 10.7. The van der Waals surface area contributed by atoms with Crippen molar-refractivity contribution < 1.29 is 9.47 Å². The molecule has 0 saturated carbocycles. The lowest BCUT2D eigenvalue weighted by atomic mass is 9.82. The van der Waals surface area contributed by atoms with Gasteiger partial charge >= 0.3 is 0 Å². The maximum atomic E-state index is 6.24. The molecule has 2 N–H and O–H groups in total. The molecule has 0 aliphatic rings. The van der Waals surface area contributed by atoms with Gasteiger partial charge in [0.05, 0.1) is 14.2 Å². The lowest BCUT2D eigenvalue weighted by Gasteiger charge is -2.28. The van der Waals surface area contributed by atoms with Crippen LogP contribution in [0.1, 0.15) is 32.4 Å². The number of ether oxygens (including phenoxy) is 2. The predicted octanol–water partition coefficient (Wildman–Crippen LogP) is 2.75. The number of benzene rings is 1. The first-order chi connectivity index (χ1) is 7.40. The first-order valence-electron chi connectivity index (χ1n) is 5.37. The van der Waals surface area contributed by atoms with Crippen LogP contribution in [0.2, 0.25) is 0 Å². The molecule has 1 rings (SSSR count). The van der Waals surface area contributed by atoms with Crippen LogP contribution < -0.4 is 15.2 Å². The Bertz CT molecular complexity index is 355. The molecule has 0 aliphatic heterocycles. The molecule has 0 bridgehead atoms. The van der Waals surface area contributed by atoms with E-state index < -0.39 is 0 Å². The van der Waals surface area contributed by atoms with E-state index in [1.807, 2.05) is 18.2 Å². The first kappa shape index (κ1) is 12.8. The van der Waals surface area contributed by atoms with Crippen LogP contribution in [0.3, 0.4) is 0 Å². The van der Waals surface area contributed by atoms with Gasteiger partial charge in [0.15, 0.2) is 0 Å². The van der Waals surface area contributed by atoms with Crippen LogP contribution >= 0.6 is 0 Å². The summed E-state index contributed by atoms with van der Waals surface area (Å²) in [6, 6.07) is 5.62. The van der Waals surface area contributed by atoms with E-state index in [0.717, 1.165) is 17.1 Å². The molecule has 3 heteroatoms. The minimum Gasteiger partial charge on any atom is -0.497 e. The van der Waals surface area contributed by atoms with Gasteiger partial charge in [0.1, 0.15) is 11.5 Å². The zero-order valence-corrected chi connectivity index (χ0v) is 10.7. The van der Waals surface area contributed by atoms with Crippen molar-refractivity contribution in [3.05, 3.63) is 23.8 Å². The van der Waals surface area contributed by atoms with E-state index >= 15 is 0 Å².